The van der Waals surface area contributed by atoms with Crippen molar-refractivity contribution in [1.29, 1.82) is 0 Å². The van der Waals surface area contributed by atoms with Crippen LogP contribution in [0.2, 0.25) is 0 Å². The number of nitrogens with one attached hydrogen (secondary N) is 2. The number of ether oxygens (including phenoxy) is 2. The number of alkyl halides is 3. The zero-order valence-electron chi connectivity index (χ0n) is 20.0. The minimum absolute atomic E-state index is 0.103. The monoisotopic (exact) mass is 492 g/mol. The topological polar surface area (TPSA) is 95.2 Å². The molecule has 3 heterocycles. The molecule has 4 rings (SSSR count). The Morgan fingerprint density at radius 1 is 1.17 bits per heavy atom. The van der Waals surface area contributed by atoms with Gasteiger partial charge < -0.3 is 20.1 Å². The van der Waals surface area contributed by atoms with E-state index in [1.807, 2.05) is 13.8 Å². The van der Waals surface area contributed by atoms with E-state index in [-0.39, 0.29) is 24.5 Å². The molecule has 12 heteroatoms. The number of rotatable bonds is 6. The molecule has 2 atom stereocenters. The molecular formula is C23H27F3N6O3. The second-order valence-corrected chi connectivity index (χ2v) is 8.42. The maximum absolute atomic E-state index is 14.0. The molecule has 0 bridgehead atoms. The number of nitrogens with zero attached hydrogens (tertiary/aromatic N) is 4. The standard InChI is InChI=1S/C23H27F3N6O3/c1-12-15(13(2)31(3)29-12)11-27-22(33)17-10-21-28-16(9-20(23(24,25)26)32(21)30-17)14-6-7-18(34-4)19(8-14)35-5/h6-8,10,16,20,28H,9,11H2,1-5H3,(H,27,33)/t16-,20+/m0/s1. The molecule has 2 aromatic heterocycles. The number of hydrogen-bond acceptors (Lipinski definition) is 6. The van der Waals surface area contributed by atoms with Crippen LogP contribution in [0, 0.1) is 13.8 Å². The van der Waals surface area contributed by atoms with Gasteiger partial charge in [-0.25, -0.2) is 4.68 Å². The fraction of sp³-hybridized carbons (Fsp3) is 0.435. The summed E-state index contributed by atoms with van der Waals surface area (Å²) in [5.41, 5.74) is 3.01. The smallest absolute Gasteiger partial charge is 0.410 e. The summed E-state index contributed by atoms with van der Waals surface area (Å²) in [4.78, 5) is 12.8. The lowest BCUT2D eigenvalue weighted by Crippen LogP contribution is -2.35. The lowest BCUT2D eigenvalue weighted by atomic mass is 9.96. The zero-order chi connectivity index (χ0) is 25.5. The number of halogens is 3. The quantitative estimate of drug-likeness (QED) is 0.543. The third-order valence-corrected chi connectivity index (χ3v) is 6.32. The van der Waals surface area contributed by atoms with Crippen LogP contribution in [0.5, 0.6) is 11.5 Å². The van der Waals surface area contributed by atoms with Crippen LogP contribution in [0.25, 0.3) is 0 Å². The highest BCUT2D eigenvalue weighted by molar-refractivity contribution is 5.93. The number of methoxy groups -OCH3 is 2. The van der Waals surface area contributed by atoms with Gasteiger partial charge in [0.25, 0.3) is 5.91 Å². The van der Waals surface area contributed by atoms with Crippen molar-refractivity contribution >= 4 is 11.7 Å². The first-order valence-electron chi connectivity index (χ1n) is 11.0. The van der Waals surface area contributed by atoms with E-state index < -0.39 is 24.2 Å². The lowest BCUT2D eigenvalue weighted by Gasteiger charge is -2.33. The number of anilines is 1. The SMILES string of the molecule is COc1ccc([C@@H]2C[C@H](C(F)(F)F)n3nc(C(=O)NCc4c(C)nn(C)c4C)cc3N2)cc1OC. The van der Waals surface area contributed by atoms with Gasteiger partial charge in [0.2, 0.25) is 0 Å². The van der Waals surface area contributed by atoms with Crippen molar-refractivity contribution in [3.8, 4) is 11.5 Å². The minimum Gasteiger partial charge on any atom is -0.493 e. The number of benzene rings is 1. The van der Waals surface area contributed by atoms with Crippen molar-refractivity contribution in [2.75, 3.05) is 19.5 Å². The molecule has 1 aliphatic rings. The molecule has 0 aliphatic carbocycles. The van der Waals surface area contributed by atoms with E-state index >= 15 is 0 Å². The van der Waals surface area contributed by atoms with Crippen molar-refractivity contribution in [2.24, 2.45) is 7.05 Å². The molecule has 1 aromatic carbocycles. The Balaban J connectivity index is 1.60. The molecule has 35 heavy (non-hydrogen) atoms. The van der Waals surface area contributed by atoms with Gasteiger partial charge in [0.1, 0.15) is 5.82 Å². The van der Waals surface area contributed by atoms with E-state index in [2.05, 4.69) is 20.8 Å². The molecule has 1 aliphatic heterocycles. The molecule has 0 spiro atoms. The van der Waals surface area contributed by atoms with Gasteiger partial charge in [-0.05, 0) is 31.5 Å². The summed E-state index contributed by atoms with van der Waals surface area (Å²) in [7, 11) is 4.75. The Kier molecular flexibility index (Phi) is 6.39. The molecule has 3 aromatic rings. The van der Waals surface area contributed by atoms with Crippen LogP contribution >= 0.6 is 0 Å². The summed E-state index contributed by atoms with van der Waals surface area (Å²) < 4.78 is 55.1. The molecule has 2 N–H and O–H groups in total. The summed E-state index contributed by atoms with van der Waals surface area (Å²) in [6.07, 6.45) is -4.86. The average molecular weight is 493 g/mol. The van der Waals surface area contributed by atoms with Crippen molar-refractivity contribution in [1.82, 2.24) is 24.9 Å². The molecule has 9 nitrogen and oxygen atoms in total. The van der Waals surface area contributed by atoms with E-state index in [0.717, 1.165) is 21.6 Å². The lowest BCUT2D eigenvalue weighted by molar-refractivity contribution is -0.173. The van der Waals surface area contributed by atoms with Crippen LogP contribution in [0.3, 0.4) is 0 Å². The molecule has 0 fully saturated rings. The Morgan fingerprint density at radius 3 is 2.49 bits per heavy atom. The van der Waals surface area contributed by atoms with Gasteiger partial charge in [0, 0.05) is 37.3 Å². The predicted octanol–water partition coefficient (Wildman–Crippen LogP) is 3.84. The van der Waals surface area contributed by atoms with Crippen LogP contribution in [0.15, 0.2) is 24.3 Å². The van der Waals surface area contributed by atoms with Crippen molar-refractivity contribution < 1.29 is 27.4 Å². The fourth-order valence-electron chi connectivity index (χ4n) is 4.31. The Hall–Kier alpha value is -3.70. The molecule has 0 radical (unpaired) electrons. The summed E-state index contributed by atoms with van der Waals surface area (Å²) in [6.45, 7) is 3.90. The number of amides is 1. The molecule has 0 saturated carbocycles. The Labute approximate surface area is 200 Å². The molecule has 0 unspecified atom stereocenters. The first kappa shape index (κ1) is 24.4. The highest BCUT2D eigenvalue weighted by Crippen LogP contribution is 2.44. The maximum atomic E-state index is 14.0. The first-order valence-corrected chi connectivity index (χ1v) is 11.0. The van der Waals surface area contributed by atoms with Crippen LogP contribution in [-0.2, 0) is 13.6 Å². The van der Waals surface area contributed by atoms with Gasteiger partial charge in [-0.3, -0.25) is 9.48 Å². The normalized spacial score (nSPS) is 17.5. The number of fused-ring (bicyclic) bond motifs is 1. The highest BCUT2D eigenvalue weighted by Gasteiger charge is 2.47. The molecular weight excluding hydrogens is 465 g/mol. The highest BCUT2D eigenvalue weighted by atomic mass is 19.4. The predicted molar refractivity (Wildman–Crippen MR) is 122 cm³/mol. The van der Waals surface area contributed by atoms with Gasteiger partial charge >= 0.3 is 6.18 Å². The Morgan fingerprint density at radius 2 is 1.89 bits per heavy atom. The zero-order valence-corrected chi connectivity index (χ0v) is 20.0. The summed E-state index contributed by atoms with van der Waals surface area (Å²) >= 11 is 0. The summed E-state index contributed by atoms with van der Waals surface area (Å²) in [5, 5.41) is 14.1. The van der Waals surface area contributed by atoms with Gasteiger partial charge in [0.05, 0.1) is 26.0 Å². The van der Waals surface area contributed by atoms with E-state index in [1.54, 1.807) is 29.9 Å². The van der Waals surface area contributed by atoms with Gasteiger partial charge in [0.15, 0.2) is 23.2 Å². The third kappa shape index (κ3) is 4.64. The molecule has 0 saturated heterocycles. The second-order valence-electron chi connectivity index (χ2n) is 8.42. The van der Waals surface area contributed by atoms with Crippen molar-refractivity contribution in [2.45, 2.75) is 45.1 Å². The number of aromatic nitrogens is 4. The van der Waals surface area contributed by atoms with Crippen molar-refractivity contribution in [3.05, 3.63) is 52.5 Å². The number of aryl methyl sites for hydroxylation is 2. The third-order valence-electron chi connectivity index (χ3n) is 6.32. The number of carbonyl (C=O) groups excluding carboxylic acids is 1. The number of hydrogen-bond donors (Lipinski definition) is 2. The van der Waals surface area contributed by atoms with Gasteiger partial charge in [-0.2, -0.15) is 23.4 Å². The second kappa shape index (κ2) is 9.16. The Bertz CT molecular complexity index is 1250. The van der Waals surface area contributed by atoms with Crippen LogP contribution < -0.4 is 20.1 Å². The van der Waals surface area contributed by atoms with E-state index in [0.29, 0.717) is 17.1 Å². The van der Waals surface area contributed by atoms with Gasteiger partial charge in [-0.15, -0.1) is 0 Å². The largest absolute Gasteiger partial charge is 0.493 e. The molecule has 188 valence electrons. The van der Waals surface area contributed by atoms with E-state index in [1.165, 1.54) is 20.3 Å². The minimum atomic E-state index is -4.56. The fourth-order valence-corrected chi connectivity index (χ4v) is 4.31. The van der Waals surface area contributed by atoms with Crippen molar-refractivity contribution in [3.63, 3.8) is 0 Å². The van der Waals surface area contributed by atoms with Crippen LogP contribution in [-0.4, -0.2) is 45.9 Å². The summed E-state index contributed by atoms with van der Waals surface area (Å²) in [6, 6.07) is 3.73. The van der Waals surface area contributed by atoms with E-state index in [4.69, 9.17) is 9.47 Å². The number of carbonyl (C=O) groups is 1. The summed E-state index contributed by atoms with van der Waals surface area (Å²) in [5.74, 6) is 0.426. The van der Waals surface area contributed by atoms with Gasteiger partial charge in [-0.1, -0.05) is 6.07 Å². The maximum Gasteiger partial charge on any atom is 0.410 e. The molecule has 1 amide bonds. The van der Waals surface area contributed by atoms with E-state index in [9.17, 15) is 18.0 Å². The van der Waals surface area contributed by atoms with Crippen LogP contribution in [0.1, 0.15) is 51.5 Å². The first-order chi connectivity index (χ1) is 16.5. The average Bonchev–Trinajstić information content (AvgIpc) is 3.35. The van der Waals surface area contributed by atoms with Crippen LogP contribution in [0.4, 0.5) is 19.0 Å².